The fourth-order valence-corrected chi connectivity index (χ4v) is 4.10. The maximum absolute atomic E-state index is 13.3. The molecule has 0 fully saturated rings. The van der Waals surface area contributed by atoms with Crippen LogP contribution in [0, 0.1) is 0 Å². The molecule has 5 rings (SSSR count). The van der Waals surface area contributed by atoms with E-state index < -0.39 is 0 Å². The van der Waals surface area contributed by atoms with Crippen molar-refractivity contribution in [1.82, 2.24) is 34.9 Å². The average molecular weight is 429 g/mol. The van der Waals surface area contributed by atoms with Crippen LogP contribution in [0.25, 0.3) is 22.8 Å². The van der Waals surface area contributed by atoms with Crippen molar-refractivity contribution < 1.29 is 4.79 Å². The van der Waals surface area contributed by atoms with Gasteiger partial charge in [0.2, 0.25) is 5.91 Å². The second-order valence-electron chi connectivity index (χ2n) is 7.52. The molecule has 0 saturated heterocycles. The first-order valence-electron chi connectivity index (χ1n) is 10.5. The minimum absolute atomic E-state index is 0.0280. The number of fused-ring (bicyclic) bond motifs is 1. The van der Waals surface area contributed by atoms with Crippen molar-refractivity contribution in [1.29, 1.82) is 0 Å². The minimum Gasteiger partial charge on any atom is -0.309 e. The normalized spacial score (nSPS) is 15.8. The first-order chi connectivity index (χ1) is 15.6. The summed E-state index contributed by atoms with van der Waals surface area (Å²) in [5, 5.41) is 11.5. The summed E-state index contributed by atoms with van der Waals surface area (Å²) in [6.07, 6.45) is 9.41. The molecule has 5 heterocycles. The third-order valence-electron chi connectivity index (χ3n) is 5.61. The molecule has 1 atom stereocenters. The Bertz CT molecular complexity index is 1260. The van der Waals surface area contributed by atoms with Gasteiger partial charge in [-0.15, -0.1) is 0 Å². The standard InChI is InChI=1S/C22H23N9O/c1-4-17-22(32)30(5-2)18-12-24-20(27-21(18)31(17)14-10-26-29(3)13-14)15-11-25-28-19(15)16-8-6-7-9-23-16/h6-13,17H,4-5H2,1-3H3,(H,25,28). The van der Waals surface area contributed by atoms with Gasteiger partial charge in [-0.2, -0.15) is 10.2 Å². The Balaban J connectivity index is 1.69. The Labute approximate surface area is 184 Å². The van der Waals surface area contributed by atoms with E-state index >= 15 is 0 Å². The molecule has 0 spiro atoms. The summed E-state index contributed by atoms with van der Waals surface area (Å²) in [6, 6.07) is 5.31. The molecule has 1 aliphatic heterocycles. The predicted octanol–water partition coefficient (Wildman–Crippen LogP) is 2.95. The Morgan fingerprint density at radius 2 is 2.00 bits per heavy atom. The number of aromatic amines is 1. The molecular weight excluding hydrogens is 406 g/mol. The molecule has 4 aromatic heterocycles. The number of aromatic nitrogens is 7. The lowest BCUT2D eigenvalue weighted by molar-refractivity contribution is -0.120. The van der Waals surface area contributed by atoms with Crippen LogP contribution < -0.4 is 9.80 Å². The second-order valence-corrected chi connectivity index (χ2v) is 7.52. The molecule has 162 valence electrons. The number of carbonyl (C=O) groups is 1. The quantitative estimate of drug-likeness (QED) is 0.519. The molecule has 0 bridgehead atoms. The van der Waals surface area contributed by atoms with E-state index in [9.17, 15) is 4.79 Å². The van der Waals surface area contributed by atoms with E-state index in [-0.39, 0.29) is 11.9 Å². The Hall–Kier alpha value is -4.08. The molecule has 0 radical (unpaired) electrons. The average Bonchev–Trinajstić information content (AvgIpc) is 3.48. The van der Waals surface area contributed by atoms with Crippen LogP contribution in [0.5, 0.6) is 0 Å². The van der Waals surface area contributed by atoms with Crippen LogP contribution in [0.4, 0.5) is 17.2 Å². The molecule has 1 N–H and O–H groups in total. The van der Waals surface area contributed by atoms with Crippen molar-refractivity contribution in [2.24, 2.45) is 7.05 Å². The zero-order valence-corrected chi connectivity index (χ0v) is 18.1. The van der Waals surface area contributed by atoms with Crippen molar-refractivity contribution in [2.45, 2.75) is 26.3 Å². The largest absolute Gasteiger partial charge is 0.309 e. The van der Waals surface area contributed by atoms with Gasteiger partial charge >= 0.3 is 0 Å². The predicted molar refractivity (Wildman–Crippen MR) is 120 cm³/mol. The smallest absolute Gasteiger partial charge is 0.250 e. The number of anilines is 3. The summed E-state index contributed by atoms with van der Waals surface area (Å²) < 4.78 is 1.72. The first kappa shape index (κ1) is 19.9. The van der Waals surface area contributed by atoms with Crippen molar-refractivity contribution in [3.63, 3.8) is 0 Å². The summed E-state index contributed by atoms with van der Waals surface area (Å²) in [4.78, 5) is 30.9. The first-order valence-corrected chi connectivity index (χ1v) is 10.5. The minimum atomic E-state index is -0.381. The van der Waals surface area contributed by atoms with Gasteiger partial charge in [0.15, 0.2) is 11.6 Å². The van der Waals surface area contributed by atoms with Crippen LogP contribution in [0.2, 0.25) is 0 Å². The lowest BCUT2D eigenvalue weighted by Crippen LogP contribution is -2.51. The monoisotopic (exact) mass is 429 g/mol. The van der Waals surface area contributed by atoms with Gasteiger partial charge in [-0.1, -0.05) is 13.0 Å². The highest BCUT2D eigenvalue weighted by Gasteiger charge is 2.39. The van der Waals surface area contributed by atoms with Gasteiger partial charge in [-0.25, -0.2) is 9.97 Å². The SMILES string of the molecule is CCC1C(=O)N(CC)c2cnc(-c3cn[nH]c3-c3ccccn3)nc2N1c1cnn(C)c1. The lowest BCUT2D eigenvalue weighted by Gasteiger charge is -2.40. The zero-order chi connectivity index (χ0) is 22.2. The van der Waals surface area contributed by atoms with Crippen molar-refractivity contribution in [3.8, 4) is 22.8 Å². The van der Waals surface area contributed by atoms with E-state index in [0.29, 0.717) is 30.3 Å². The molecule has 1 unspecified atom stereocenters. The number of aryl methyl sites for hydroxylation is 1. The topological polar surface area (TPSA) is 109 Å². The Morgan fingerprint density at radius 1 is 1.12 bits per heavy atom. The molecule has 1 aliphatic rings. The highest BCUT2D eigenvalue weighted by molar-refractivity contribution is 6.06. The number of pyridine rings is 1. The summed E-state index contributed by atoms with van der Waals surface area (Å²) in [5.74, 6) is 1.21. The number of H-pyrrole nitrogens is 1. The Kier molecular flexibility index (Phi) is 4.89. The van der Waals surface area contributed by atoms with Crippen molar-refractivity contribution in [2.75, 3.05) is 16.3 Å². The van der Waals surface area contributed by atoms with Crippen molar-refractivity contribution >= 4 is 23.1 Å². The third-order valence-corrected chi connectivity index (χ3v) is 5.61. The summed E-state index contributed by atoms with van der Waals surface area (Å²) in [5.41, 5.74) is 3.72. The molecule has 1 amide bonds. The number of nitrogens with zero attached hydrogens (tertiary/aromatic N) is 8. The molecular formula is C22H23N9O. The van der Waals surface area contributed by atoms with E-state index in [1.54, 1.807) is 34.4 Å². The summed E-state index contributed by atoms with van der Waals surface area (Å²) in [6.45, 7) is 4.50. The van der Waals surface area contributed by atoms with Crippen LogP contribution in [0.1, 0.15) is 20.3 Å². The van der Waals surface area contributed by atoms with Gasteiger partial charge in [0, 0.05) is 26.0 Å². The fourth-order valence-electron chi connectivity index (χ4n) is 4.10. The Morgan fingerprint density at radius 3 is 2.69 bits per heavy atom. The van der Waals surface area contributed by atoms with Gasteiger partial charge in [0.25, 0.3) is 0 Å². The maximum Gasteiger partial charge on any atom is 0.250 e. The van der Waals surface area contributed by atoms with Crippen LogP contribution in [-0.2, 0) is 11.8 Å². The molecule has 32 heavy (non-hydrogen) atoms. The highest BCUT2D eigenvalue weighted by atomic mass is 16.2. The van der Waals surface area contributed by atoms with Gasteiger partial charge in [-0.05, 0) is 25.5 Å². The third kappa shape index (κ3) is 3.11. The second kappa shape index (κ2) is 7.88. The number of hydrogen-bond acceptors (Lipinski definition) is 7. The number of carbonyl (C=O) groups excluding carboxylic acids is 1. The zero-order valence-electron chi connectivity index (χ0n) is 18.1. The number of amides is 1. The van der Waals surface area contributed by atoms with E-state index in [1.807, 2.05) is 50.2 Å². The molecule has 0 aromatic carbocycles. The fraction of sp³-hybridized carbons (Fsp3) is 0.273. The number of hydrogen-bond donors (Lipinski definition) is 1. The lowest BCUT2D eigenvalue weighted by atomic mass is 10.1. The molecule has 0 saturated carbocycles. The van der Waals surface area contributed by atoms with E-state index in [2.05, 4.69) is 25.3 Å². The molecule has 10 heteroatoms. The van der Waals surface area contributed by atoms with Gasteiger partial charge in [0.1, 0.15) is 11.7 Å². The van der Waals surface area contributed by atoms with Gasteiger partial charge < -0.3 is 9.80 Å². The van der Waals surface area contributed by atoms with Crippen LogP contribution in [0.15, 0.2) is 49.2 Å². The van der Waals surface area contributed by atoms with Gasteiger partial charge in [-0.3, -0.25) is 19.6 Å². The summed E-state index contributed by atoms with van der Waals surface area (Å²) >= 11 is 0. The van der Waals surface area contributed by atoms with Gasteiger partial charge in [0.05, 0.1) is 41.2 Å². The van der Waals surface area contributed by atoms with E-state index in [0.717, 1.165) is 22.6 Å². The summed E-state index contributed by atoms with van der Waals surface area (Å²) in [7, 11) is 1.85. The van der Waals surface area contributed by atoms with Crippen molar-refractivity contribution in [3.05, 3.63) is 49.2 Å². The molecule has 4 aromatic rings. The maximum atomic E-state index is 13.3. The van der Waals surface area contributed by atoms with Crippen LogP contribution >= 0.6 is 0 Å². The number of nitrogens with one attached hydrogen (secondary N) is 1. The van der Waals surface area contributed by atoms with Crippen LogP contribution in [-0.4, -0.2) is 53.4 Å². The highest BCUT2D eigenvalue weighted by Crippen LogP contribution is 2.41. The number of likely N-dealkylation sites (N-methyl/N-ethyl adjacent to an activating group) is 1. The molecule has 10 nitrogen and oxygen atoms in total. The van der Waals surface area contributed by atoms with E-state index in [1.165, 1.54) is 0 Å². The van der Waals surface area contributed by atoms with Crippen LogP contribution in [0.3, 0.4) is 0 Å². The molecule has 0 aliphatic carbocycles. The number of rotatable bonds is 5. The van der Waals surface area contributed by atoms with E-state index in [4.69, 9.17) is 4.98 Å².